The third kappa shape index (κ3) is 3.29. The van der Waals surface area contributed by atoms with E-state index in [1.165, 1.54) is 25.0 Å². The number of fused-ring (bicyclic) bond motifs is 1. The van der Waals surface area contributed by atoms with Gasteiger partial charge in [0.1, 0.15) is 5.75 Å². The zero-order chi connectivity index (χ0) is 21.6. The van der Waals surface area contributed by atoms with E-state index in [0.29, 0.717) is 17.7 Å². The summed E-state index contributed by atoms with van der Waals surface area (Å²) in [6.07, 6.45) is 4.06. The molecule has 3 aromatic rings. The molecule has 7 nitrogen and oxygen atoms in total. The van der Waals surface area contributed by atoms with Crippen molar-refractivity contribution in [2.24, 2.45) is 7.05 Å². The van der Waals surface area contributed by atoms with Gasteiger partial charge in [-0.05, 0) is 56.4 Å². The molecule has 158 valence electrons. The number of carbonyl (C=O) groups is 1. The van der Waals surface area contributed by atoms with Crippen LogP contribution in [0.3, 0.4) is 0 Å². The van der Waals surface area contributed by atoms with E-state index in [4.69, 9.17) is 0 Å². The highest BCUT2D eigenvalue weighted by atomic mass is 16.4. The summed E-state index contributed by atoms with van der Waals surface area (Å²) in [5.74, 6) is -1.90. The van der Waals surface area contributed by atoms with Crippen LogP contribution >= 0.6 is 0 Å². The second-order valence-electron chi connectivity index (χ2n) is 8.43. The van der Waals surface area contributed by atoms with Crippen molar-refractivity contribution in [1.29, 1.82) is 0 Å². The molecule has 1 aliphatic carbocycles. The zero-order valence-electron chi connectivity index (χ0n) is 17.5. The van der Waals surface area contributed by atoms with Crippen LogP contribution in [0, 0.1) is 0 Å². The number of aromatic nitrogens is 2. The van der Waals surface area contributed by atoms with Crippen LogP contribution in [0.25, 0.3) is 22.2 Å². The third-order valence-electron chi connectivity index (χ3n) is 6.44. The highest BCUT2D eigenvalue weighted by Gasteiger charge is 2.31. The van der Waals surface area contributed by atoms with E-state index < -0.39 is 22.8 Å². The number of carboxylic acids is 1. The first-order chi connectivity index (χ1) is 14.2. The van der Waals surface area contributed by atoms with Crippen molar-refractivity contribution < 1.29 is 15.0 Å². The molecule has 4 N–H and O–H groups in total. The molecule has 0 amide bonds. The number of carboxylic acid groups (broad SMARTS) is 1. The number of nitrogens with zero attached hydrogens (tertiary/aromatic N) is 1. The van der Waals surface area contributed by atoms with Gasteiger partial charge in [0.25, 0.3) is 5.56 Å². The molecule has 4 rings (SSSR count). The van der Waals surface area contributed by atoms with Gasteiger partial charge in [-0.3, -0.25) is 4.79 Å². The minimum absolute atomic E-state index is 0.223. The average Bonchev–Trinajstić information content (AvgIpc) is 2.99. The van der Waals surface area contributed by atoms with E-state index in [9.17, 15) is 19.8 Å². The molecule has 2 heterocycles. The molecular formula is C23H27N3O4. The summed E-state index contributed by atoms with van der Waals surface area (Å²) in [5.41, 5.74) is 2.65. The quantitative estimate of drug-likeness (QED) is 0.498. The van der Waals surface area contributed by atoms with Gasteiger partial charge >= 0.3 is 5.97 Å². The van der Waals surface area contributed by atoms with Crippen molar-refractivity contribution in [3.8, 4) is 17.0 Å². The van der Waals surface area contributed by atoms with Crippen LogP contribution in [0.2, 0.25) is 0 Å². The Morgan fingerprint density at radius 1 is 1.30 bits per heavy atom. The lowest BCUT2D eigenvalue weighted by molar-refractivity contribution is 0.0691. The van der Waals surface area contributed by atoms with Crippen molar-refractivity contribution in [3.05, 3.63) is 51.4 Å². The number of aromatic carboxylic acids is 1. The Hall–Kier alpha value is -3.06. The van der Waals surface area contributed by atoms with E-state index in [-0.39, 0.29) is 5.54 Å². The molecule has 0 unspecified atom stereocenters. The molecule has 0 bridgehead atoms. The predicted octanol–water partition coefficient (Wildman–Crippen LogP) is 3.53. The molecule has 1 saturated carbocycles. The first kappa shape index (κ1) is 20.2. The van der Waals surface area contributed by atoms with Crippen molar-refractivity contribution >= 4 is 16.9 Å². The molecule has 0 saturated heterocycles. The van der Waals surface area contributed by atoms with Gasteiger partial charge < -0.3 is 25.1 Å². The maximum absolute atomic E-state index is 12.3. The fourth-order valence-corrected chi connectivity index (χ4v) is 4.34. The predicted molar refractivity (Wildman–Crippen MR) is 116 cm³/mol. The van der Waals surface area contributed by atoms with Gasteiger partial charge in [0.05, 0.1) is 5.69 Å². The van der Waals surface area contributed by atoms with Gasteiger partial charge in [0.15, 0.2) is 5.56 Å². The summed E-state index contributed by atoms with van der Waals surface area (Å²) < 4.78 is 2.16. The molecule has 1 aliphatic rings. The minimum Gasteiger partial charge on any atom is -0.506 e. The Labute approximate surface area is 174 Å². The maximum Gasteiger partial charge on any atom is 0.345 e. The normalized spacial score (nSPS) is 15.3. The minimum atomic E-state index is -1.44. The Morgan fingerprint density at radius 3 is 2.63 bits per heavy atom. The molecular weight excluding hydrogens is 382 g/mol. The Balaban J connectivity index is 1.75. The molecule has 0 spiro atoms. The smallest absolute Gasteiger partial charge is 0.345 e. The van der Waals surface area contributed by atoms with E-state index in [1.54, 1.807) is 0 Å². The van der Waals surface area contributed by atoms with Crippen LogP contribution in [0.4, 0.5) is 0 Å². The number of benzene rings is 1. The topological polar surface area (TPSA) is 107 Å². The van der Waals surface area contributed by atoms with Gasteiger partial charge in [-0.25, -0.2) is 4.79 Å². The van der Waals surface area contributed by atoms with Gasteiger partial charge in [-0.1, -0.05) is 13.0 Å². The van der Waals surface area contributed by atoms with Crippen LogP contribution < -0.4 is 10.9 Å². The van der Waals surface area contributed by atoms with Crippen molar-refractivity contribution in [2.75, 3.05) is 0 Å². The van der Waals surface area contributed by atoms with E-state index in [0.717, 1.165) is 23.0 Å². The van der Waals surface area contributed by atoms with Gasteiger partial charge in [-0.2, -0.15) is 0 Å². The van der Waals surface area contributed by atoms with E-state index in [2.05, 4.69) is 27.9 Å². The highest BCUT2D eigenvalue weighted by molar-refractivity contribution is 5.92. The van der Waals surface area contributed by atoms with Crippen LogP contribution in [0.1, 0.15) is 54.7 Å². The number of aryl methyl sites for hydroxylation is 1. The number of rotatable bonds is 6. The highest BCUT2D eigenvalue weighted by Crippen LogP contribution is 2.33. The number of H-pyrrole nitrogens is 1. The second-order valence-corrected chi connectivity index (χ2v) is 8.43. The SMILES string of the molecule is CCc1c(-c2ccc3c(c2)cc(CNC2(C)CCC2)n3C)[nH]c(=O)c(C(=O)O)c1O. The number of aromatic hydroxyl groups is 1. The number of pyridine rings is 1. The Kier molecular flexibility index (Phi) is 4.94. The fraction of sp³-hybridized carbons (Fsp3) is 0.391. The number of hydrogen-bond acceptors (Lipinski definition) is 4. The van der Waals surface area contributed by atoms with Gasteiger partial charge in [0.2, 0.25) is 0 Å². The number of nitrogens with one attached hydrogen (secondary N) is 2. The summed E-state index contributed by atoms with van der Waals surface area (Å²) in [4.78, 5) is 26.3. The maximum atomic E-state index is 12.3. The van der Waals surface area contributed by atoms with Crippen LogP contribution in [0.15, 0.2) is 29.1 Å². The standard InChI is InChI=1S/C23H27N3O4/c1-4-16-19(25-21(28)18(20(16)27)22(29)30)13-6-7-17-14(10-13)11-15(26(17)3)12-24-23(2)8-5-9-23/h6-7,10-11,24H,4-5,8-9,12H2,1-3H3,(H,29,30)(H2,25,27,28). The zero-order valence-corrected chi connectivity index (χ0v) is 17.5. The van der Waals surface area contributed by atoms with Crippen molar-refractivity contribution in [3.63, 3.8) is 0 Å². The van der Waals surface area contributed by atoms with Crippen LogP contribution in [-0.2, 0) is 20.0 Å². The lowest BCUT2D eigenvalue weighted by atomic mass is 9.78. The summed E-state index contributed by atoms with van der Waals surface area (Å²) in [5, 5.41) is 24.3. The first-order valence-corrected chi connectivity index (χ1v) is 10.3. The molecule has 0 radical (unpaired) electrons. The Bertz CT molecular complexity index is 1200. The lowest BCUT2D eigenvalue weighted by Gasteiger charge is -2.39. The number of aromatic amines is 1. The molecule has 1 fully saturated rings. The molecule has 1 aromatic carbocycles. The fourth-order valence-electron chi connectivity index (χ4n) is 4.34. The van der Waals surface area contributed by atoms with E-state index >= 15 is 0 Å². The lowest BCUT2D eigenvalue weighted by Crippen LogP contribution is -2.47. The summed E-state index contributed by atoms with van der Waals surface area (Å²) >= 11 is 0. The summed E-state index contributed by atoms with van der Waals surface area (Å²) in [6.45, 7) is 4.85. The van der Waals surface area contributed by atoms with Crippen molar-refractivity contribution in [1.82, 2.24) is 14.9 Å². The average molecular weight is 409 g/mol. The second kappa shape index (κ2) is 7.32. The summed E-state index contributed by atoms with van der Waals surface area (Å²) in [7, 11) is 2.04. The molecule has 7 heteroatoms. The molecule has 2 aromatic heterocycles. The number of hydrogen-bond donors (Lipinski definition) is 4. The molecule has 0 atom stereocenters. The Morgan fingerprint density at radius 2 is 2.03 bits per heavy atom. The summed E-state index contributed by atoms with van der Waals surface area (Å²) in [6, 6.07) is 7.97. The molecule has 30 heavy (non-hydrogen) atoms. The molecule has 0 aliphatic heterocycles. The first-order valence-electron chi connectivity index (χ1n) is 10.3. The van der Waals surface area contributed by atoms with E-state index in [1.807, 2.05) is 32.2 Å². The van der Waals surface area contributed by atoms with Gasteiger partial charge in [0, 0.05) is 41.3 Å². The largest absolute Gasteiger partial charge is 0.506 e. The van der Waals surface area contributed by atoms with Crippen LogP contribution in [0.5, 0.6) is 5.75 Å². The van der Waals surface area contributed by atoms with Gasteiger partial charge in [-0.15, -0.1) is 0 Å². The van der Waals surface area contributed by atoms with Crippen molar-refractivity contribution in [2.45, 2.75) is 51.6 Å². The van der Waals surface area contributed by atoms with Crippen LogP contribution in [-0.4, -0.2) is 31.3 Å². The monoisotopic (exact) mass is 409 g/mol. The third-order valence-corrected chi connectivity index (χ3v) is 6.44.